The van der Waals surface area contributed by atoms with Gasteiger partial charge >= 0.3 is 5.97 Å². The molecule has 1 aliphatic carbocycles. The quantitative estimate of drug-likeness (QED) is 0.490. The maximum Gasteiger partial charge on any atom is 0.311 e. The first-order chi connectivity index (χ1) is 6.04. The molecule has 0 bridgehead atoms. The van der Waals surface area contributed by atoms with Crippen molar-refractivity contribution in [3.8, 4) is 0 Å². The molecule has 3 heteroatoms. The molecule has 0 aromatic rings. The lowest BCUT2D eigenvalue weighted by atomic mass is 9.86. The van der Waals surface area contributed by atoms with Crippen LogP contribution >= 0.6 is 0 Å². The predicted octanol–water partition coefficient (Wildman–Crippen LogP) is 1.41. The van der Waals surface area contributed by atoms with Crippen LogP contribution in [0.5, 0.6) is 0 Å². The van der Waals surface area contributed by atoms with Crippen molar-refractivity contribution in [2.24, 2.45) is 17.3 Å². The molecule has 0 N–H and O–H groups in total. The summed E-state index contributed by atoms with van der Waals surface area (Å²) in [7, 11) is 0. The molecule has 0 saturated heterocycles. The smallest absolute Gasteiger partial charge is 0.311 e. The Morgan fingerprint density at radius 2 is 2.23 bits per heavy atom. The molecule has 0 heterocycles. The molecule has 2 unspecified atom stereocenters. The summed E-state index contributed by atoms with van der Waals surface area (Å²) < 4.78 is 4.95. The van der Waals surface area contributed by atoms with E-state index in [2.05, 4.69) is 0 Å². The predicted molar refractivity (Wildman–Crippen MR) is 48.1 cm³/mol. The Bertz CT molecular complexity index is 220. The third-order valence-corrected chi connectivity index (χ3v) is 2.74. The van der Waals surface area contributed by atoms with Gasteiger partial charge in [0.2, 0.25) is 0 Å². The number of rotatable bonds is 4. The van der Waals surface area contributed by atoms with Gasteiger partial charge in [0.1, 0.15) is 6.29 Å². The van der Waals surface area contributed by atoms with Crippen LogP contribution in [0.1, 0.15) is 27.2 Å². The first-order valence-corrected chi connectivity index (χ1v) is 4.66. The minimum atomic E-state index is -0.498. The third kappa shape index (κ3) is 1.90. The fourth-order valence-electron chi connectivity index (χ4n) is 1.66. The number of ether oxygens (including phenoxy) is 1. The number of aldehydes is 1. The van der Waals surface area contributed by atoms with Gasteiger partial charge in [0.15, 0.2) is 0 Å². The zero-order valence-electron chi connectivity index (χ0n) is 8.37. The van der Waals surface area contributed by atoms with Gasteiger partial charge < -0.3 is 9.53 Å². The molecule has 74 valence electrons. The van der Waals surface area contributed by atoms with Gasteiger partial charge in [0.05, 0.1) is 12.0 Å². The summed E-state index contributed by atoms with van der Waals surface area (Å²) in [6.45, 7) is 5.89. The van der Waals surface area contributed by atoms with Crippen LogP contribution in [-0.2, 0) is 14.3 Å². The van der Waals surface area contributed by atoms with E-state index in [4.69, 9.17) is 4.74 Å². The average molecular weight is 184 g/mol. The van der Waals surface area contributed by atoms with Crippen molar-refractivity contribution in [2.75, 3.05) is 6.61 Å². The molecule has 0 spiro atoms. The van der Waals surface area contributed by atoms with Crippen molar-refractivity contribution in [1.29, 1.82) is 0 Å². The zero-order chi connectivity index (χ0) is 10.1. The number of carbonyl (C=O) groups excluding carboxylic acids is 2. The Morgan fingerprint density at radius 3 is 2.62 bits per heavy atom. The summed E-state index contributed by atoms with van der Waals surface area (Å²) in [6.07, 6.45) is 1.76. The van der Waals surface area contributed by atoms with E-state index in [-0.39, 0.29) is 17.8 Å². The van der Waals surface area contributed by atoms with Crippen molar-refractivity contribution in [1.82, 2.24) is 0 Å². The second kappa shape index (κ2) is 3.48. The lowest BCUT2D eigenvalue weighted by molar-refractivity contribution is -0.154. The van der Waals surface area contributed by atoms with E-state index in [9.17, 15) is 9.59 Å². The molecule has 1 fully saturated rings. The molecule has 13 heavy (non-hydrogen) atoms. The maximum atomic E-state index is 11.5. The van der Waals surface area contributed by atoms with Crippen molar-refractivity contribution in [3.05, 3.63) is 0 Å². The maximum absolute atomic E-state index is 11.5. The summed E-state index contributed by atoms with van der Waals surface area (Å²) in [6, 6.07) is 0. The van der Waals surface area contributed by atoms with Gasteiger partial charge in [-0.2, -0.15) is 0 Å². The lowest BCUT2D eigenvalue weighted by Gasteiger charge is -2.21. The highest BCUT2D eigenvalue weighted by Crippen LogP contribution is 2.50. The van der Waals surface area contributed by atoms with Gasteiger partial charge in [0, 0.05) is 5.92 Å². The molecule has 1 rings (SSSR count). The molecule has 2 atom stereocenters. The first-order valence-electron chi connectivity index (χ1n) is 4.66. The highest BCUT2D eigenvalue weighted by Gasteiger charge is 2.52. The van der Waals surface area contributed by atoms with Crippen LogP contribution in [-0.4, -0.2) is 18.9 Å². The highest BCUT2D eigenvalue weighted by atomic mass is 16.5. The van der Waals surface area contributed by atoms with Crippen LogP contribution in [0.3, 0.4) is 0 Å². The van der Waals surface area contributed by atoms with Crippen LogP contribution in [0.15, 0.2) is 0 Å². The van der Waals surface area contributed by atoms with Crippen LogP contribution in [0, 0.1) is 17.3 Å². The van der Waals surface area contributed by atoms with Gasteiger partial charge in [-0.05, 0) is 33.1 Å². The Balaban J connectivity index is 2.56. The molecular weight excluding hydrogens is 168 g/mol. The Labute approximate surface area is 78.5 Å². The van der Waals surface area contributed by atoms with Gasteiger partial charge in [0.25, 0.3) is 0 Å². The molecule has 1 aliphatic rings. The Kier molecular flexibility index (Phi) is 2.74. The molecule has 3 nitrogen and oxygen atoms in total. The summed E-state index contributed by atoms with van der Waals surface area (Å²) in [5.41, 5.74) is -0.498. The van der Waals surface area contributed by atoms with Gasteiger partial charge in [-0.3, -0.25) is 4.79 Å². The van der Waals surface area contributed by atoms with E-state index < -0.39 is 5.41 Å². The van der Waals surface area contributed by atoms with E-state index in [0.717, 1.165) is 12.7 Å². The standard InChI is InChI=1S/C10H16O3/c1-4-13-9(12)10(2,3)8-5-7(8)6-11/h6-8H,4-5H2,1-3H3. The van der Waals surface area contributed by atoms with Crippen LogP contribution < -0.4 is 0 Å². The van der Waals surface area contributed by atoms with Crippen molar-refractivity contribution in [2.45, 2.75) is 27.2 Å². The normalized spacial score (nSPS) is 26.7. The molecule has 0 aliphatic heterocycles. The van der Waals surface area contributed by atoms with Gasteiger partial charge in [-0.1, -0.05) is 0 Å². The number of hydrogen-bond acceptors (Lipinski definition) is 3. The van der Waals surface area contributed by atoms with Crippen molar-refractivity contribution >= 4 is 12.3 Å². The van der Waals surface area contributed by atoms with Crippen molar-refractivity contribution < 1.29 is 14.3 Å². The Hall–Kier alpha value is -0.860. The molecule has 0 radical (unpaired) electrons. The largest absolute Gasteiger partial charge is 0.466 e. The zero-order valence-corrected chi connectivity index (χ0v) is 8.37. The van der Waals surface area contributed by atoms with E-state index in [1.165, 1.54) is 0 Å². The Morgan fingerprint density at radius 1 is 1.62 bits per heavy atom. The fraction of sp³-hybridized carbons (Fsp3) is 0.800. The summed E-state index contributed by atoms with van der Waals surface area (Å²) in [5.74, 6) is 0.0628. The van der Waals surface area contributed by atoms with Crippen LogP contribution in [0.2, 0.25) is 0 Å². The SMILES string of the molecule is CCOC(=O)C(C)(C)C1CC1C=O. The lowest BCUT2D eigenvalue weighted by Crippen LogP contribution is -2.29. The minimum absolute atomic E-state index is 0.0689. The van der Waals surface area contributed by atoms with Gasteiger partial charge in [-0.25, -0.2) is 0 Å². The molecule has 0 aromatic heterocycles. The number of esters is 1. The molecule has 0 aromatic carbocycles. The summed E-state index contributed by atoms with van der Waals surface area (Å²) in [5, 5.41) is 0. The molecule has 0 amide bonds. The topological polar surface area (TPSA) is 43.4 Å². The minimum Gasteiger partial charge on any atom is -0.466 e. The second-order valence-corrected chi connectivity index (χ2v) is 4.08. The van der Waals surface area contributed by atoms with E-state index in [1.54, 1.807) is 6.92 Å². The van der Waals surface area contributed by atoms with Crippen LogP contribution in [0.25, 0.3) is 0 Å². The summed E-state index contributed by atoms with van der Waals surface area (Å²) in [4.78, 5) is 21.9. The summed E-state index contributed by atoms with van der Waals surface area (Å²) >= 11 is 0. The second-order valence-electron chi connectivity index (χ2n) is 4.08. The number of hydrogen-bond donors (Lipinski definition) is 0. The van der Waals surface area contributed by atoms with Crippen molar-refractivity contribution in [3.63, 3.8) is 0 Å². The average Bonchev–Trinajstić information content (AvgIpc) is 2.83. The monoisotopic (exact) mass is 184 g/mol. The highest BCUT2D eigenvalue weighted by molar-refractivity contribution is 5.78. The van der Waals surface area contributed by atoms with E-state index >= 15 is 0 Å². The molecule has 1 saturated carbocycles. The van der Waals surface area contributed by atoms with Crippen LogP contribution in [0.4, 0.5) is 0 Å². The molecular formula is C10H16O3. The fourth-order valence-corrected chi connectivity index (χ4v) is 1.66. The van der Waals surface area contributed by atoms with E-state index in [1.807, 2.05) is 13.8 Å². The first kappa shape index (κ1) is 10.2. The van der Waals surface area contributed by atoms with Gasteiger partial charge in [-0.15, -0.1) is 0 Å². The van der Waals surface area contributed by atoms with E-state index in [0.29, 0.717) is 6.61 Å². The third-order valence-electron chi connectivity index (χ3n) is 2.74. The number of carbonyl (C=O) groups is 2.